The van der Waals surface area contributed by atoms with Crippen LogP contribution in [0.4, 0.5) is 5.69 Å². The molecule has 1 saturated heterocycles. The smallest absolute Gasteiger partial charge is 0.266 e. The maximum absolute atomic E-state index is 13.4. The van der Waals surface area contributed by atoms with Crippen molar-refractivity contribution in [1.82, 2.24) is 14.5 Å². The number of anilines is 1. The first-order valence-corrected chi connectivity index (χ1v) is 13.0. The minimum absolute atomic E-state index is 0.0226. The standard InChI is InChI=1S/C27H25ClN4O3S/c1-35-22-11-9-20(10-12-22)30-13-15-31(16-14-30)25(33)18-36-27-29-24-8-3-2-7-23(24)26(34)32(27)21-6-4-5-19(28)17-21/h2-12,17H,13-16,18H2,1H3. The maximum Gasteiger partial charge on any atom is 0.266 e. The predicted octanol–water partition coefficient (Wildman–Crippen LogP) is 4.49. The van der Waals surface area contributed by atoms with E-state index in [2.05, 4.69) is 4.90 Å². The van der Waals surface area contributed by atoms with Crippen LogP contribution >= 0.6 is 23.4 Å². The minimum atomic E-state index is -0.189. The molecule has 1 aliphatic rings. The van der Waals surface area contributed by atoms with Gasteiger partial charge < -0.3 is 14.5 Å². The molecule has 0 saturated carbocycles. The van der Waals surface area contributed by atoms with Gasteiger partial charge in [-0.15, -0.1) is 0 Å². The number of benzene rings is 3. The third kappa shape index (κ3) is 5.05. The van der Waals surface area contributed by atoms with Crippen molar-refractivity contribution in [3.63, 3.8) is 0 Å². The summed E-state index contributed by atoms with van der Waals surface area (Å²) < 4.78 is 6.77. The summed E-state index contributed by atoms with van der Waals surface area (Å²) >= 11 is 7.47. The van der Waals surface area contributed by atoms with Crippen LogP contribution in [0.1, 0.15) is 0 Å². The lowest BCUT2D eigenvalue weighted by Gasteiger charge is -2.36. The third-order valence-electron chi connectivity index (χ3n) is 6.21. The molecule has 1 fully saturated rings. The van der Waals surface area contributed by atoms with Crippen LogP contribution in [0.25, 0.3) is 16.6 Å². The number of hydrogen-bond donors (Lipinski definition) is 0. The zero-order chi connectivity index (χ0) is 25.1. The van der Waals surface area contributed by atoms with Crippen molar-refractivity contribution in [2.45, 2.75) is 5.16 Å². The number of piperazine rings is 1. The molecule has 1 aromatic heterocycles. The molecule has 0 spiro atoms. The molecule has 0 unspecified atom stereocenters. The molecule has 0 N–H and O–H groups in total. The second-order valence-corrected chi connectivity index (χ2v) is 9.77. The molecular formula is C27H25ClN4O3S. The zero-order valence-electron chi connectivity index (χ0n) is 19.8. The second-order valence-electron chi connectivity index (χ2n) is 8.39. The molecule has 5 rings (SSSR count). The first kappa shape index (κ1) is 24.2. The molecule has 1 aliphatic heterocycles. The molecule has 7 nitrogen and oxygen atoms in total. The number of hydrogen-bond acceptors (Lipinski definition) is 6. The lowest BCUT2D eigenvalue weighted by atomic mass is 10.2. The number of aromatic nitrogens is 2. The van der Waals surface area contributed by atoms with E-state index in [9.17, 15) is 9.59 Å². The predicted molar refractivity (Wildman–Crippen MR) is 145 cm³/mol. The molecule has 0 bridgehead atoms. The van der Waals surface area contributed by atoms with E-state index < -0.39 is 0 Å². The van der Waals surface area contributed by atoms with E-state index in [4.69, 9.17) is 21.3 Å². The topological polar surface area (TPSA) is 67.7 Å². The molecule has 1 amide bonds. The molecule has 0 radical (unpaired) electrons. The molecule has 0 aliphatic carbocycles. The molecule has 36 heavy (non-hydrogen) atoms. The Labute approximate surface area is 218 Å². The number of thioether (sulfide) groups is 1. The van der Waals surface area contributed by atoms with E-state index in [1.165, 1.54) is 16.3 Å². The average molecular weight is 521 g/mol. The van der Waals surface area contributed by atoms with Gasteiger partial charge in [0.25, 0.3) is 5.56 Å². The monoisotopic (exact) mass is 520 g/mol. The van der Waals surface area contributed by atoms with Crippen LogP contribution < -0.4 is 15.2 Å². The van der Waals surface area contributed by atoms with Crippen LogP contribution in [-0.2, 0) is 4.79 Å². The fourth-order valence-corrected chi connectivity index (χ4v) is 5.38. The number of carbonyl (C=O) groups is 1. The average Bonchev–Trinajstić information content (AvgIpc) is 2.92. The van der Waals surface area contributed by atoms with Crippen LogP contribution in [0, 0.1) is 0 Å². The Bertz CT molecular complexity index is 1450. The first-order valence-electron chi connectivity index (χ1n) is 11.6. The van der Waals surface area contributed by atoms with Crippen LogP contribution in [-0.4, -0.2) is 59.4 Å². The van der Waals surface area contributed by atoms with Crippen LogP contribution in [0.5, 0.6) is 5.75 Å². The van der Waals surface area contributed by atoms with Crippen LogP contribution in [0.2, 0.25) is 5.02 Å². The highest BCUT2D eigenvalue weighted by Gasteiger charge is 2.23. The molecule has 0 atom stereocenters. The van der Waals surface area contributed by atoms with Crippen molar-refractivity contribution in [1.29, 1.82) is 0 Å². The van der Waals surface area contributed by atoms with Crippen molar-refractivity contribution in [2.75, 3.05) is 43.9 Å². The van der Waals surface area contributed by atoms with E-state index in [1.54, 1.807) is 31.4 Å². The lowest BCUT2D eigenvalue weighted by molar-refractivity contribution is -0.128. The Kier molecular flexibility index (Phi) is 7.16. The van der Waals surface area contributed by atoms with Crippen LogP contribution in [0.3, 0.4) is 0 Å². The van der Waals surface area contributed by atoms with Gasteiger partial charge in [0.15, 0.2) is 5.16 Å². The molecular weight excluding hydrogens is 496 g/mol. The largest absolute Gasteiger partial charge is 0.497 e. The Morgan fingerprint density at radius 1 is 0.972 bits per heavy atom. The number of amides is 1. The summed E-state index contributed by atoms with van der Waals surface area (Å²) in [5, 5.41) is 1.50. The minimum Gasteiger partial charge on any atom is -0.497 e. The lowest BCUT2D eigenvalue weighted by Crippen LogP contribution is -2.49. The van der Waals surface area contributed by atoms with Gasteiger partial charge in [0.05, 0.1) is 29.5 Å². The highest BCUT2D eigenvalue weighted by molar-refractivity contribution is 7.99. The van der Waals surface area contributed by atoms with E-state index in [0.29, 0.717) is 39.9 Å². The SMILES string of the molecule is COc1ccc(N2CCN(C(=O)CSc3nc4ccccc4c(=O)n3-c3cccc(Cl)c3)CC2)cc1. The van der Waals surface area contributed by atoms with Gasteiger partial charge in [-0.05, 0) is 54.6 Å². The molecule has 2 heterocycles. The number of methoxy groups -OCH3 is 1. The van der Waals surface area contributed by atoms with Gasteiger partial charge in [-0.1, -0.05) is 41.6 Å². The highest BCUT2D eigenvalue weighted by Crippen LogP contribution is 2.24. The fourth-order valence-electron chi connectivity index (χ4n) is 4.28. The van der Waals surface area contributed by atoms with Crippen molar-refractivity contribution in [3.05, 3.63) is 88.2 Å². The second kappa shape index (κ2) is 10.6. The summed E-state index contributed by atoms with van der Waals surface area (Å²) in [6, 6.07) is 22.3. The van der Waals surface area contributed by atoms with Gasteiger partial charge in [0, 0.05) is 36.9 Å². The number of rotatable bonds is 6. The number of fused-ring (bicyclic) bond motifs is 1. The summed E-state index contributed by atoms with van der Waals surface area (Å²) in [7, 11) is 1.65. The van der Waals surface area contributed by atoms with E-state index in [0.717, 1.165) is 24.5 Å². The number of para-hydroxylation sites is 1. The van der Waals surface area contributed by atoms with Crippen molar-refractivity contribution < 1.29 is 9.53 Å². The summed E-state index contributed by atoms with van der Waals surface area (Å²) in [6.07, 6.45) is 0. The highest BCUT2D eigenvalue weighted by atomic mass is 35.5. The quantitative estimate of drug-likeness (QED) is 0.276. The van der Waals surface area contributed by atoms with Crippen LogP contribution in [0.15, 0.2) is 82.7 Å². The molecule has 4 aromatic rings. The Hall–Kier alpha value is -3.49. The number of halogens is 1. The van der Waals surface area contributed by atoms with Gasteiger partial charge in [-0.2, -0.15) is 0 Å². The Morgan fingerprint density at radius 2 is 1.72 bits per heavy atom. The summed E-state index contributed by atoms with van der Waals surface area (Å²) in [4.78, 5) is 35.3. The van der Waals surface area contributed by atoms with Gasteiger partial charge in [0.2, 0.25) is 5.91 Å². The summed E-state index contributed by atoms with van der Waals surface area (Å²) in [6.45, 7) is 2.78. The number of carbonyl (C=O) groups excluding carboxylic acids is 1. The van der Waals surface area contributed by atoms with Crippen molar-refractivity contribution in [2.24, 2.45) is 0 Å². The van der Waals surface area contributed by atoms with Crippen molar-refractivity contribution in [3.8, 4) is 11.4 Å². The van der Waals surface area contributed by atoms with Gasteiger partial charge in [0.1, 0.15) is 5.75 Å². The Balaban J connectivity index is 1.31. The van der Waals surface area contributed by atoms with Gasteiger partial charge in [-0.3, -0.25) is 14.2 Å². The maximum atomic E-state index is 13.4. The molecule has 184 valence electrons. The number of ether oxygens (including phenoxy) is 1. The zero-order valence-corrected chi connectivity index (χ0v) is 21.3. The van der Waals surface area contributed by atoms with E-state index in [1.807, 2.05) is 53.4 Å². The van der Waals surface area contributed by atoms with Gasteiger partial charge >= 0.3 is 0 Å². The third-order valence-corrected chi connectivity index (χ3v) is 7.36. The van der Waals surface area contributed by atoms with E-state index >= 15 is 0 Å². The molecule has 3 aromatic carbocycles. The Morgan fingerprint density at radius 3 is 2.44 bits per heavy atom. The normalized spacial score (nSPS) is 13.7. The fraction of sp³-hybridized carbons (Fsp3) is 0.222. The summed E-state index contributed by atoms with van der Waals surface area (Å²) in [5.41, 5.74) is 2.15. The van der Waals surface area contributed by atoms with Crippen molar-refractivity contribution >= 4 is 45.9 Å². The van der Waals surface area contributed by atoms with E-state index in [-0.39, 0.29) is 17.2 Å². The number of nitrogens with zero attached hydrogens (tertiary/aromatic N) is 4. The summed E-state index contributed by atoms with van der Waals surface area (Å²) in [5.74, 6) is 1.03. The van der Waals surface area contributed by atoms with Gasteiger partial charge in [-0.25, -0.2) is 4.98 Å². The molecule has 9 heteroatoms. The first-order chi connectivity index (χ1) is 17.5.